The molecule has 14 N–H and O–H groups in total. The first-order chi connectivity index (χ1) is 25.7. The molecule has 0 radical (unpaired) electrons. The first kappa shape index (κ1) is 45.0. The quantitative estimate of drug-likeness (QED) is 0.0539. The Morgan fingerprint density at radius 1 is 0.691 bits per heavy atom. The second kappa shape index (κ2) is 20.9. The zero-order valence-corrected chi connectivity index (χ0v) is 30.0. The Bertz CT molecular complexity index is 1750. The molecule has 1 aromatic heterocycles. The van der Waals surface area contributed by atoms with Gasteiger partial charge in [-0.1, -0.05) is 18.2 Å². The number of hydrogen-bond acceptors (Lipinski definition) is 12. The van der Waals surface area contributed by atoms with Crippen molar-refractivity contribution >= 4 is 64.3 Å². The fourth-order valence-corrected chi connectivity index (χ4v) is 5.00. The lowest BCUT2D eigenvalue weighted by molar-refractivity contribution is -0.147. The van der Waals surface area contributed by atoms with E-state index in [9.17, 15) is 53.4 Å². The fraction of sp³-hybridized carbons (Fsp3) is 0.485. The minimum atomic E-state index is -1.80. The molecule has 22 heteroatoms. The van der Waals surface area contributed by atoms with E-state index >= 15 is 0 Å². The Morgan fingerprint density at radius 2 is 1.24 bits per heavy atom. The summed E-state index contributed by atoms with van der Waals surface area (Å²) in [6, 6.07) is -3.85. The van der Waals surface area contributed by atoms with Gasteiger partial charge in [-0.2, -0.15) is 0 Å². The van der Waals surface area contributed by atoms with E-state index in [4.69, 9.17) is 21.1 Å². The molecule has 8 atom stereocenters. The number of H-pyrrole nitrogens is 1. The van der Waals surface area contributed by atoms with Gasteiger partial charge in [-0.05, 0) is 38.8 Å². The molecule has 2 rings (SSSR count). The van der Waals surface area contributed by atoms with Gasteiger partial charge < -0.3 is 68.2 Å². The van der Waals surface area contributed by atoms with Gasteiger partial charge >= 0.3 is 17.9 Å². The molecule has 0 saturated carbocycles. The molecule has 0 aliphatic heterocycles. The summed E-state index contributed by atoms with van der Waals surface area (Å²) < 4.78 is 0. The average molecular weight is 779 g/mol. The highest BCUT2D eigenvalue weighted by atomic mass is 16.4. The smallest absolute Gasteiger partial charge is 0.326 e. The summed E-state index contributed by atoms with van der Waals surface area (Å²) in [7, 11) is 0. The summed E-state index contributed by atoms with van der Waals surface area (Å²) in [5, 5.41) is 61.0. The van der Waals surface area contributed by atoms with E-state index in [2.05, 4.69) is 31.6 Å². The van der Waals surface area contributed by atoms with Crippen molar-refractivity contribution in [1.82, 2.24) is 36.9 Å². The number of hydrogen-bond donors (Lipinski definition) is 13. The summed E-state index contributed by atoms with van der Waals surface area (Å²) >= 11 is 0. The van der Waals surface area contributed by atoms with Crippen LogP contribution in [0.25, 0.3) is 10.9 Å². The minimum Gasteiger partial charge on any atom is -0.481 e. The number of carbonyl (C=O) groups is 9. The summed E-state index contributed by atoms with van der Waals surface area (Å²) in [5.41, 5.74) is 6.71. The number of amides is 6. The van der Waals surface area contributed by atoms with Crippen LogP contribution in [0, 0.1) is 0 Å². The summed E-state index contributed by atoms with van der Waals surface area (Å²) in [4.78, 5) is 115. The van der Waals surface area contributed by atoms with Crippen molar-refractivity contribution in [1.29, 1.82) is 0 Å². The largest absolute Gasteiger partial charge is 0.481 e. The van der Waals surface area contributed by atoms with Crippen molar-refractivity contribution in [2.24, 2.45) is 5.73 Å². The highest BCUT2D eigenvalue weighted by Crippen LogP contribution is 2.19. The predicted molar refractivity (Wildman–Crippen MR) is 188 cm³/mol. The number of carboxylic acids is 3. The lowest BCUT2D eigenvalue weighted by Crippen LogP contribution is -2.61. The monoisotopic (exact) mass is 778 g/mol. The number of carboxylic acid groups (broad SMARTS) is 3. The molecule has 22 nitrogen and oxygen atoms in total. The van der Waals surface area contributed by atoms with Crippen LogP contribution in [-0.4, -0.2) is 139 Å². The Hall–Kier alpha value is -6.13. The van der Waals surface area contributed by atoms with Crippen molar-refractivity contribution in [3.8, 4) is 0 Å². The molecular formula is C33H46N8O14. The summed E-state index contributed by atoms with van der Waals surface area (Å²) in [6.45, 7) is 2.74. The van der Waals surface area contributed by atoms with Crippen LogP contribution in [0.15, 0.2) is 30.5 Å². The number of nitrogens with one attached hydrogen (secondary N) is 7. The first-order valence-electron chi connectivity index (χ1n) is 16.8. The highest BCUT2D eigenvalue weighted by Gasteiger charge is 2.34. The maximum Gasteiger partial charge on any atom is 0.326 e. The molecule has 1 aromatic carbocycles. The Labute approximate surface area is 313 Å². The van der Waals surface area contributed by atoms with Crippen LogP contribution in [0.5, 0.6) is 0 Å². The van der Waals surface area contributed by atoms with Gasteiger partial charge in [0.1, 0.15) is 42.3 Å². The number of aliphatic hydroxyl groups is 2. The molecule has 55 heavy (non-hydrogen) atoms. The maximum absolute atomic E-state index is 13.5. The topological polar surface area (TPSA) is 369 Å². The van der Waals surface area contributed by atoms with Gasteiger partial charge in [-0.25, -0.2) is 4.79 Å². The van der Waals surface area contributed by atoms with Gasteiger partial charge in [0.15, 0.2) is 0 Å². The van der Waals surface area contributed by atoms with E-state index in [0.717, 1.165) is 6.92 Å². The number of aliphatic carboxylic acids is 3. The van der Waals surface area contributed by atoms with Gasteiger partial charge in [0.05, 0.1) is 19.1 Å². The molecule has 6 amide bonds. The summed E-state index contributed by atoms with van der Waals surface area (Å²) in [5.74, 6) is -10.5. The third-order valence-corrected chi connectivity index (χ3v) is 8.11. The molecule has 0 spiro atoms. The fourth-order valence-electron chi connectivity index (χ4n) is 5.00. The third-order valence-electron chi connectivity index (χ3n) is 8.11. The molecule has 1 heterocycles. The zero-order valence-electron chi connectivity index (χ0n) is 30.0. The summed E-state index contributed by atoms with van der Waals surface area (Å²) in [6.07, 6.45) is -2.17. The number of aromatic amines is 1. The van der Waals surface area contributed by atoms with Crippen LogP contribution in [0.1, 0.15) is 45.6 Å². The Balaban J connectivity index is 2.25. The third kappa shape index (κ3) is 14.0. The number of benzene rings is 1. The standard InChI is InChI=1S/C33H46N8O14/c1-14(28(49)40-23(33(54)55)11-25(46)47)36-31(52)22(10-17-12-35-20-7-5-4-6-18(17)20)39-27(48)15(2)37-32(53)26(16(3)43)41-30(51)21(8-9-24(44)45)38-29(50)19(34)13-42/h4-7,12,14-16,19,21-23,26,35,42-43H,8-11,13,34H2,1-3H3,(H,36,52)(H,37,53)(H,38,50)(H,39,48)(H,40,49)(H,41,51)(H,44,45)(H,46,47)(H,54,55)/t14-,15-,16+,19-,21-,22-,23-,26-/m0/s1. The molecule has 0 unspecified atom stereocenters. The van der Waals surface area contributed by atoms with Crippen LogP contribution in [0.3, 0.4) is 0 Å². The van der Waals surface area contributed by atoms with Crippen LogP contribution in [-0.2, 0) is 49.6 Å². The van der Waals surface area contributed by atoms with E-state index in [1.54, 1.807) is 30.5 Å². The van der Waals surface area contributed by atoms with E-state index in [1.807, 2.05) is 5.32 Å². The van der Waals surface area contributed by atoms with Crippen molar-refractivity contribution < 1.29 is 68.7 Å². The van der Waals surface area contributed by atoms with Gasteiger partial charge in [0.25, 0.3) is 0 Å². The Kier molecular flexibility index (Phi) is 17.1. The van der Waals surface area contributed by atoms with Crippen molar-refractivity contribution in [2.45, 2.75) is 94.9 Å². The van der Waals surface area contributed by atoms with Gasteiger partial charge in [-0.15, -0.1) is 0 Å². The number of nitrogens with two attached hydrogens (primary N) is 1. The van der Waals surface area contributed by atoms with E-state index in [-0.39, 0.29) is 6.42 Å². The molecule has 2 aromatic rings. The van der Waals surface area contributed by atoms with Gasteiger partial charge in [0, 0.05) is 29.9 Å². The number of carbonyl (C=O) groups excluding carboxylic acids is 6. The number of para-hydroxylation sites is 1. The normalized spacial score (nSPS) is 15.4. The van der Waals surface area contributed by atoms with E-state index in [0.29, 0.717) is 16.5 Å². The molecule has 302 valence electrons. The van der Waals surface area contributed by atoms with Crippen LogP contribution in [0.2, 0.25) is 0 Å². The van der Waals surface area contributed by atoms with Crippen molar-refractivity contribution in [3.05, 3.63) is 36.0 Å². The SMILES string of the molecule is C[C@H](NC(=O)[C@H](Cc1c[nH]c2ccccc12)NC(=O)[C@H](C)NC(=O)[C@@H](NC(=O)[C@H](CCC(=O)O)NC(=O)[C@@H](N)CO)[C@@H](C)O)C(=O)N[C@@H](CC(=O)O)C(=O)O. The minimum absolute atomic E-state index is 0.164. The lowest BCUT2D eigenvalue weighted by atomic mass is 10.0. The molecule has 0 bridgehead atoms. The maximum atomic E-state index is 13.5. The molecule has 0 saturated heterocycles. The zero-order chi connectivity index (χ0) is 41.6. The number of aromatic nitrogens is 1. The van der Waals surface area contributed by atoms with E-state index in [1.165, 1.54) is 13.8 Å². The Morgan fingerprint density at radius 3 is 1.78 bits per heavy atom. The highest BCUT2D eigenvalue weighted by molar-refractivity contribution is 5.97. The molecule has 0 fully saturated rings. The second-order valence-electron chi connectivity index (χ2n) is 12.6. The van der Waals surface area contributed by atoms with E-state index < -0.39 is 128 Å². The lowest BCUT2D eigenvalue weighted by Gasteiger charge is -2.27. The molecule has 0 aliphatic rings. The van der Waals surface area contributed by atoms with Crippen LogP contribution in [0.4, 0.5) is 0 Å². The molecule has 0 aliphatic carbocycles. The predicted octanol–water partition coefficient (Wildman–Crippen LogP) is -4.22. The van der Waals surface area contributed by atoms with Gasteiger partial charge in [0.2, 0.25) is 35.4 Å². The average Bonchev–Trinajstić information content (AvgIpc) is 3.52. The van der Waals surface area contributed by atoms with Gasteiger partial charge in [-0.3, -0.25) is 38.4 Å². The van der Waals surface area contributed by atoms with Crippen molar-refractivity contribution in [3.63, 3.8) is 0 Å². The van der Waals surface area contributed by atoms with Crippen LogP contribution >= 0.6 is 0 Å². The number of rotatable bonds is 22. The molecular weight excluding hydrogens is 732 g/mol. The number of aliphatic hydroxyl groups excluding tert-OH is 2. The number of fused-ring (bicyclic) bond motifs is 1. The first-order valence-corrected chi connectivity index (χ1v) is 16.8. The van der Waals surface area contributed by atoms with Crippen LogP contribution < -0.4 is 37.6 Å². The second-order valence-corrected chi connectivity index (χ2v) is 12.6. The van der Waals surface area contributed by atoms with Crippen molar-refractivity contribution in [2.75, 3.05) is 6.61 Å².